The second-order valence-electron chi connectivity index (χ2n) is 8.61. The quantitative estimate of drug-likeness (QED) is 0.400. The van der Waals surface area contributed by atoms with Crippen LogP contribution in [0.2, 0.25) is 0 Å². The van der Waals surface area contributed by atoms with E-state index in [-0.39, 0.29) is 0 Å². The summed E-state index contributed by atoms with van der Waals surface area (Å²) in [6.45, 7) is 3.81. The molecule has 160 valence electrons. The van der Waals surface area contributed by atoms with Gasteiger partial charge >= 0.3 is 0 Å². The number of hydrogen-bond donors (Lipinski definition) is 2. The third kappa shape index (κ3) is 3.50. The molecule has 0 spiro atoms. The number of rotatable bonds is 4. The number of amides is 1. The molecule has 0 radical (unpaired) electrons. The van der Waals surface area contributed by atoms with Gasteiger partial charge in [0.15, 0.2) is 0 Å². The number of fused-ring (bicyclic) bond motifs is 3. The molecule has 0 saturated heterocycles. The summed E-state index contributed by atoms with van der Waals surface area (Å²) in [6, 6.07) is 23.6. The van der Waals surface area contributed by atoms with Gasteiger partial charge in [0.2, 0.25) is 5.91 Å². The van der Waals surface area contributed by atoms with Crippen LogP contribution < -0.4 is 5.73 Å². The molecule has 0 aliphatic rings. The van der Waals surface area contributed by atoms with Crippen LogP contribution in [-0.2, 0) is 5.41 Å². The van der Waals surface area contributed by atoms with Gasteiger partial charge in [0.05, 0.1) is 28.7 Å². The number of H-pyrrole nitrogens is 1. The summed E-state index contributed by atoms with van der Waals surface area (Å²) in [5, 5.41) is 19.1. The fourth-order valence-electron chi connectivity index (χ4n) is 4.03. The molecular weight excluding hydrogens is 410 g/mol. The highest BCUT2D eigenvalue weighted by Gasteiger charge is 2.20. The largest absolute Gasteiger partial charge is 0.366 e. The van der Waals surface area contributed by atoms with Crippen LogP contribution in [0.25, 0.3) is 44.2 Å². The molecule has 5 rings (SSSR count). The third-order valence-electron chi connectivity index (χ3n) is 6.06. The Morgan fingerprint density at radius 3 is 2.30 bits per heavy atom. The van der Waals surface area contributed by atoms with Gasteiger partial charge in [-0.2, -0.15) is 10.4 Å². The summed E-state index contributed by atoms with van der Waals surface area (Å²) in [4.78, 5) is 16.0. The Morgan fingerprint density at radius 2 is 1.64 bits per heavy atom. The molecule has 3 aromatic carbocycles. The van der Waals surface area contributed by atoms with E-state index < -0.39 is 11.3 Å². The van der Waals surface area contributed by atoms with Gasteiger partial charge in [0.25, 0.3) is 0 Å². The molecule has 2 aromatic heterocycles. The van der Waals surface area contributed by atoms with E-state index >= 15 is 0 Å². The summed E-state index contributed by atoms with van der Waals surface area (Å²) >= 11 is 0. The van der Waals surface area contributed by atoms with Crippen LogP contribution in [-0.4, -0.2) is 21.1 Å². The first-order valence-electron chi connectivity index (χ1n) is 10.6. The van der Waals surface area contributed by atoms with Crippen molar-refractivity contribution in [2.75, 3.05) is 0 Å². The molecule has 0 atom stereocenters. The minimum absolute atomic E-state index is 0.446. The van der Waals surface area contributed by atoms with Crippen LogP contribution >= 0.6 is 0 Å². The van der Waals surface area contributed by atoms with E-state index in [0.29, 0.717) is 5.56 Å². The summed E-state index contributed by atoms with van der Waals surface area (Å²) in [5.41, 5.74) is 11.7. The molecule has 0 bridgehead atoms. The van der Waals surface area contributed by atoms with Gasteiger partial charge in [-0.25, -0.2) is 0 Å². The molecule has 33 heavy (non-hydrogen) atoms. The number of nitrogens with zero attached hydrogens (tertiary/aromatic N) is 3. The number of carbonyl (C=O) groups is 1. The monoisotopic (exact) mass is 431 g/mol. The van der Waals surface area contributed by atoms with Crippen molar-refractivity contribution in [1.82, 2.24) is 15.2 Å². The zero-order valence-corrected chi connectivity index (χ0v) is 18.3. The van der Waals surface area contributed by atoms with Crippen molar-refractivity contribution in [3.05, 3.63) is 84.1 Å². The Morgan fingerprint density at radius 1 is 0.970 bits per heavy atom. The van der Waals surface area contributed by atoms with Crippen molar-refractivity contribution >= 4 is 27.7 Å². The first-order valence-corrected chi connectivity index (χ1v) is 10.6. The maximum Gasteiger partial charge on any atom is 0.248 e. The van der Waals surface area contributed by atoms with Crippen LogP contribution in [0.3, 0.4) is 0 Å². The molecule has 0 unspecified atom stereocenters. The normalized spacial score (nSPS) is 11.5. The molecule has 6 nitrogen and oxygen atoms in total. The Bertz CT molecular complexity index is 1560. The average Bonchev–Trinajstić information content (AvgIpc) is 3.28. The van der Waals surface area contributed by atoms with E-state index in [4.69, 9.17) is 5.73 Å². The van der Waals surface area contributed by atoms with E-state index in [1.165, 1.54) is 0 Å². The highest BCUT2D eigenvalue weighted by atomic mass is 16.1. The van der Waals surface area contributed by atoms with Gasteiger partial charge in [-0.05, 0) is 54.8 Å². The lowest BCUT2D eigenvalue weighted by atomic mass is 9.86. The third-order valence-corrected chi connectivity index (χ3v) is 6.06. The van der Waals surface area contributed by atoms with Crippen LogP contribution in [0, 0.1) is 11.3 Å². The van der Waals surface area contributed by atoms with Gasteiger partial charge in [0, 0.05) is 21.9 Å². The topological polar surface area (TPSA) is 108 Å². The molecule has 6 heteroatoms. The molecule has 0 aliphatic heterocycles. The smallest absolute Gasteiger partial charge is 0.248 e. The van der Waals surface area contributed by atoms with E-state index in [9.17, 15) is 10.1 Å². The minimum atomic E-state index is -0.554. The number of nitrogens with two attached hydrogens (primary N) is 1. The van der Waals surface area contributed by atoms with E-state index in [0.717, 1.165) is 49.8 Å². The van der Waals surface area contributed by atoms with E-state index in [1.54, 1.807) is 18.3 Å². The maximum absolute atomic E-state index is 11.4. The van der Waals surface area contributed by atoms with Crippen LogP contribution in [0.4, 0.5) is 0 Å². The van der Waals surface area contributed by atoms with Crippen LogP contribution in [0.5, 0.6) is 0 Å². The lowest BCUT2D eigenvalue weighted by Gasteiger charge is -2.15. The van der Waals surface area contributed by atoms with E-state index in [1.807, 2.05) is 62.4 Å². The van der Waals surface area contributed by atoms with Gasteiger partial charge in [-0.3, -0.25) is 14.9 Å². The van der Waals surface area contributed by atoms with Crippen LogP contribution in [0.1, 0.15) is 29.8 Å². The van der Waals surface area contributed by atoms with Crippen LogP contribution in [0.15, 0.2) is 72.9 Å². The number of nitrogens with one attached hydrogen (secondary N) is 1. The van der Waals surface area contributed by atoms with Crippen molar-refractivity contribution < 1.29 is 4.79 Å². The Balaban J connectivity index is 1.65. The van der Waals surface area contributed by atoms with Crippen molar-refractivity contribution in [3.8, 4) is 28.5 Å². The number of pyridine rings is 1. The molecule has 0 saturated carbocycles. The number of hydrogen-bond acceptors (Lipinski definition) is 4. The SMILES string of the molecule is CC(C)(C#N)c1ccc(-c2n[nH]c3cnc4ccc(-c5ccc(C(N)=O)cc5)cc4c23)cc1. The minimum Gasteiger partial charge on any atom is -0.366 e. The maximum atomic E-state index is 11.4. The highest BCUT2D eigenvalue weighted by molar-refractivity contribution is 6.11. The Kier molecular flexibility index (Phi) is 4.68. The summed E-state index contributed by atoms with van der Waals surface area (Å²) in [6.07, 6.45) is 1.79. The van der Waals surface area contributed by atoms with Gasteiger partial charge < -0.3 is 5.73 Å². The van der Waals surface area contributed by atoms with Crippen molar-refractivity contribution in [2.24, 2.45) is 5.73 Å². The molecule has 3 N–H and O–H groups in total. The molecule has 0 fully saturated rings. The predicted octanol–water partition coefficient (Wildman–Crippen LogP) is 5.35. The van der Waals surface area contributed by atoms with E-state index in [2.05, 4.69) is 27.3 Å². The fraction of sp³-hybridized carbons (Fsp3) is 0.111. The zero-order valence-electron chi connectivity index (χ0n) is 18.3. The second kappa shape index (κ2) is 7.57. The second-order valence-corrected chi connectivity index (χ2v) is 8.61. The van der Waals surface area contributed by atoms with Gasteiger partial charge in [-0.1, -0.05) is 42.5 Å². The number of primary amides is 1. The average molecular weight is 431 g/mol. The number of aromatic nitrogens is 3. The number of benzene rings is 3. The van der Waals surface area contributed by atoms with Gasteiger partial charge in [0.1, 0.15) is 5.69 Å². The molecule has 1 amide bonds. The molecular formula is C27H21N5O. The first kappa shape index (κ1) is 20.4. The summed E-state index contributed by atoms with van der Waals surface area (Å²) in [5.74, 6) is -0.446. The number of aromatic amines is 1. The zero-order chi connectivity index (χ0) is 23.2. The number of nitriles is 1. The fourth-order valence-corrected chi connectivity index (χ4v) is 4.03. The van der Waals surface area contributed by atoms with Crippen molar-refractivity contribution in [2.45, 2.75) is 19.3 Å². The lowest BCUT2D eigenvalue weighted by Crippen LogP contribution is -2.13. The molecule has 5 aromatic rings. The predicted molar refractivity (Wildman–Crippen MR) is 129 cm³/mol. The highest BCUT2D eigenvalue weighted by Crippen LogP contribution is 2.35. The summed E-state index contributed by atoms with van der Waals surface area (Å²) < 4.78 is 0. The van der Waals surface area contributed by atoms with Crippen molar-refractivity contribution in [1.29, 1.82) is 5.26 Å². The standard InChI is InChI=1S/C27H21N5O/c1-27(2,15-28)20-10-7-17(8-11-20)25-24-21-13-19(16-3-5-18(6-4-16)26(29)33)9-12-22(21)30-14-23(24)31-32-25/h3-14H,1-2H3,(H2,29,33)(H,31,32). The number of carbonyl (C=O) groups excluding carboxylic acids is 1. The molecule has 0 aliphatic carbocycles. The molecule has 2 heterocycles. The first-order chi connectivity index (χ1) is 15.9. The Labute approximate surface area is 190 Å². The van der Waals surface area contributed by atoms with Gasteiger partial charge in [-0.15, -0.1) is 0 Å². The lowest BCUT2D eigenvalue weighted by molar-refractivity contribution is 0.100. The summed E-state index contributed by atoms with van der Waals surface area (Å²) in [7, 11) is 0. The van der Waals surface area contributed by atoms with Crippen molar-refractivity contribution in [3.63, 3.8) is 0 Å². The Hall–Kier alpha value is -4.50.